The van der Waals surface area contributed by atoms with Crippen LogP contribution in [-0.4, -0.2) is 12.1 Å². The number of hydrogen-bond acceptors (Lipinski definition) is 2. The molecule has 0 spiro atoms. The highest BCUT2D eigenvalue weighted by Crippen LogP contribution is 2.47. The van der Waals surface area contributed by atoms with Crippen molar-refractivity contribution in [1.82, 2.24) is 0 Å². The number of allylic oxidation sites excluding steroid dienone is 1. The Kier molecular flexibility index (Phi) is 3.30. The third-order valence-corrected chi connectivity index (χ3v) is 6.11. The molecule has 1 aromatic carbocycles. The summed E-state index contributed by atoms with van der Waals surface area (Å²) in [7, 11) is 0. The van der Waals surface area contributed by atoms with E-state index in [1.54, 1.807) is 12.1 Å². The van der Waals surface area contributed by atoms with Gasteiger partial charge in [0.1, 0.15) is 11.6 Å². The van der Waals surface area contributed by atoms with E-state index in [0.717, 1.165) is 11.8 Å². The number of halogens is 2. The number of rotatable bonds is 0. The average molecular weight is 390 g/mol. The second kappa shape index (κ2) is 5.80. The molecule has 2 bridgehead atoms. The predicted octanol–water partition coefficient (Wildman–Crippen LogP) is 3.33. The number of hydrogen-bond donors (Lipinski definition) is 0. The zero-order chi connectivity index (χ0) is 19.7. The molecule has 4 heterocycles. The Bertz CT molecular complexity index is 1240. The summed E-state index contributed by atoms with van der Waals surface area (Å²) in [5.74, 6) is -1.81. The van der Waals surface area contributed by atoms with Crippen molar-refractivity contribution in [3.05, 3.63) is 89.9 Å². The molecule has 0 fully saturated rings. The number of pyridine rings is 2. The Morgan fingerprint density at radius 1 is 1.00 bits per heavy atom. The van der Waals surface area contributed by atoms with E-state index >= 15 is 0 Å². The van der Waals surface area contributed by atoms with Crippen LogP contribution in [0, 0.1) is 11.6 Å². The highest BCUT2D eigenvalue weighted by atomic mass is 19.1. The van der Waals surface area contributed by atoms with Crippen molar-refractivity contribution in [2.45, 2.75) is 24.5 Å². The molecule has 3 aliphatic rings. The molecule has 6 heteroatoms. The monoisotopic (exact) mass is 390 g/mol. The number of nitrogens with zero attached hydrogens (tertiary/aromatic N) is 2. The van der Waals surface area contributed by atoms with Gasteiger partial charge in [-0.3, -0.25) is 0 Å². The molecule has 0 N–H and O–H groups in total. The summed E-state index contributed by atoms with van der Waals surface area (Å²) >= 11 is 0. The summed E-state index contributed by atoms with van der Waals surface area (Å²) in [6, 6.07) is 12.9. The summed E-state index contributed by atoms with van der Waals surface area (Å²) in [5, 5.41) is 0. The van der Waals surface area contributed by atoms with Gasteiger partial charge >= 0.3 is 5.97 Å². The molecule has 3 unspecified atom stereocenters. The molecular formula is C23H16F2N2O2+2. The highest BCUT2D eigenvalue weighted by Gasteiger charge is 2.53. The molecule has 3 aromatic rings. The van der Waals surface area contributed by atoms with Crippen LogP contribution in [0.5, 0.6) is 0 Å². The van der Waals surface area contributed by atoms with Gasteiger partial charge in [-0.1, -0.05) is 0 Å². The Balaban J connectivity index is 1.63. The summed E-state index contributed by atoms with van der Waals surface area (Å²) in [6.45, 7) is 0. The summed E-state index contributed by atoms with van der Waals surface area (Å²) in [5.41, 5.74) is 3.03. The molecule has 4 nitrogen and oxygen atoms in total. The van der Waals surface area contributed by atoms with Crippen LogP contribution < -0.4 is 9.13 Å². The van der Waals surface area contributed by atoms with E-state index < -0.39 is 23.7 Å². The van der Waals surface area contributed by atoms with E-state index in [-0.39, 0.29) is 12.0 Å². The summed E-state index contributed by atoms with van der Waals surface area (Å²) in [6.07, 6.45) is 5.65. The second-order valence-electron chi connectivity index (χ2n) is 7.63. The normalized spacial score (nSPS) is 23.6. The lowest BCUT2D eigenvalue weighted by Crippen LogP contribution is -2.54. The summed E-state index contributed by atoms with van der Waals surface area (Å²) in [4.78, 5) is 12.8. The van der Waals surface area contributed by atoms with Gasteiger partial charge in [0.05, 0.1) is 11.5 Å². The first-order chi connectivity index (χ1) is 14.1. The third kappa shape index (κ3) is 2.26. The number of ether oxygens (including phenoxy) is 1. The van der Waals surface area contributed by atoms with Gasteiger partial charge in [0.15, 0.2) is 24.2 Å². The predicted molar refractivity (Wildman–Crippen MR) is 98.5 cm³/mol. The largest absolute Gasteiger partial charge is 0.443 e. The van der Waals surface area contributed by atoms with E-state index in [4.69, 9.17) is 4.74 Å². The fourth-order valence-corrected chi connectivity index (χ4v) is 4.99. The second-order valence-corrected chi connectivity index (χ2v) is 7.63. The maximum atomic E-state index is 14.9. The van der Waals surface area contributed by atoms with Crippen LogP contribution in [0.3, 0.4) is 0 Å². The Labute approximate surface area is 165 Å². The lowest BCUT2D eigenvalue weighted by atomic mass is 9.75. The third-order valence-electron chi connectivity index (χ3n) is 6.11. The molecule has 2 aliphatic heterocycles. The van der Waals surface area contributed by atoms with Crippen LogP contribution in [0.2, 0.25) is 0 Å². The smallest absolute Gasteiger partial charge is 0.405 e. The van der Waals surface area contributed by atoms with Crippen LogP contribution in [0.25, 0.3) is 17.0 Å². The Hall–Kier alpha value is -3.41. The first kappa shape index (κ1) is 16.5. The van der Waals surface area contributed by atoms with E-state index in [2.05, 4.69) is 0 Å². The van der Waals surface area contributed by atoms with Crippen molar-refractivity contribution in [1.29, 1.82) is 0 Å². The molecule has 0 radical (unpaired) electrons. The molecule has 3 atom stereocenters. The van der Waals surface area contributed by atoms with Crippen LogP contribution in [0.1, 0.15) is 34.4 Å². The Morgan fingerprint density at radius 3 is 2.66 bits per heavy atom. The van der Waals surface area contributed by atoms with Gasteiger partial charge in [-0.05, 0) is 23.8 Å². The Morgan fingerprint density at radius 2 is 1.79 bits per heavy atom. The topological polar surface area (TPSA) is 34.1 Å². The molecule has 142 valence electrons. The summed E-state index contributed by atoms with van der Waals surface area (Å²) < 4.78 is 38.7. The molecule has 0 saturated heterocycles. The number of carbonyl (C=O) groups excluding carboxylic acids is 1. The van der Waals surface area contributed by atoms with Crippen LogP contribution in [0.4, 0.5) is 8.78 Å². The van der Waals surface area contributed by atoms with Gasteiger partial charge in [0, 0.05) is 42.8 Å². The van der Waals surface area contributed by atoms with E-state index in [9.17, 15) is 13.6 Å². The van der Waals surface area contributed by atoms with Gasteiger partial charge in [-0.25, -0.2) is 13.6 Å². The van der Waals surface area contributed by atoms with Crippen LogP contribution >= 0.6 is 0 Å². The fourth-order valence-electron chi connectivity index (χ4n) is 4.99. The maximum Gasteiger partial charge on any atom is 0.405 e. The van der Waals surface area contributed by atoms with Gasteiger partial charge in [-0.2, -0.15) is 9.13 Å². The van der Waals surface area contributed by atoms with Gasteiger partial charge < -0.3 is 4.74 Å². The fraction of sp³-hybridized carbons (Fsp3) is 0.174. The zero-order valence-corrected chi connectivity index (χ0v) is 15.3. The zero-order valence-electron chi connectivity index (χ0n) is 15.3. The first-order valence-corrected chi connectivity index (χ1v) is 9.54. The van der Waals surface area contributed by atoms with Gasteiger partial charge in [0.25, 0.3) is 5.69 Å². The van der Waals surface area contributed by atoms with E-state index in [1.807, 2.05) is 51.9 Å². The van der Waals surface area contributed by atoms with E-state index in [1.165, 1.54) is 6.07 Å². The minimum atomic E-state index is -0.600. The lowest BCUT2D eigenvalue weighted by Gasteiger charge is -2.34. The number of fused-ring (bicyclic) bond motifs is 10. The average Bonchev–Trinajstić information content (AvgIpc) is 2.83. The minimum absolute atomic E-state index is 0.230. The van der Waals surface area contributed by atoms with Crippen molar-refractivity contribution in [3.63, 3.8) is 0 Å². The number of benzene rings is 1. The first-order valence-electron chi connectivity index (χ1n) is 9.54. The van der Waals surface area contributed by atoms with Crippen molar-refractivity contribution >= 4 is 11.7 Å². The molecular weight excluding hydrogens is 374 g/mol. The van der Waals surface area contributed by atoms with E-state index in [0.29, 0.717) is 28.9 Å². The molecule has 1 aliphatic carbocycles. The van der Waals surface area contributed by atoms with Crippen molar-refractivity contribution in [2.75, 3.05) is 0 Å². The number of carbonyl (C=O) groups is 1. The number of aromatic nitrogens is 2. The van der Waals surface area contributed by atoms with Crippen LogP contribution in [-0.2, 0) is 4.74 Å². The van der Waals surface area contributed by atoms with Crippen LogP contribution in [0.15, 0.2) is 67.0 Å². The molecule has 6 rings (SSSR count). The van der Waals surface area contributed by atoms with Crippen molar-refractivity contribution in [3.8, 4) is 11.3 Å². The molecule has 0 saturated carbocycles. The minimum Gasteiger partial charge on any atom is -0.443 e. The van der Waals surface area contributed by atoms with Crippen molar-refractivity contribution in [2.24, 2.45) is 0 Å². The molecule has 29 heavy (non-hydrogen) atoms. The standard InChI is InChI=1S/C23H16F2N2O2/c24-13-9-15-16-11-14-12-20(29-23(28)19-6-2-3-7-26(14)19)22(16)27-8-4-1-5-18(27)21(15)17(25)10-13/h1-10,12,16,20,22H,11H2/q+2. The van der Waals surface area contributed by atoms with Gasteiger partial charge in [-0.15, -0.1) is 0 Å². The highest BCUT2D eigenvalue weighted by molar-refractivity contribution is 5.87. The number of esters is 1. The maximum absolute atomic E-state index is 14.9. The van der Waals surface area contributed by atoms with Crippen molar-refractivity contribution < 1.29 is 27.4 Å². The molecule has 2 aromatic heterocycles. The molecule has 0 amide bonds. The lowest BCUT2D eigenvalue weighted by molar-refractivity contribution is -0.724. The van der Waals surface area contributed by atoms with Gasteiger partial charge in [0.2, 0.25) is 11.7 Å². The SMILES string of the molecule is O=C1OC2C=C(CC3c4cc(F)cc(F)c4-c4cccc[n+]4C23)[n+]2ccccc21. The quantitative estimate of drug-likeness (QED) is 0.436.